The molecule has 0 heterocycles. The zero-order valence-electron chi connectivity index (χ0n) is 14.2. The highest BCUT2D eigenvalue weighted by Gasteiger charge is 2.40. The molecule has 0 aliphatic rings. The number of hydrogen-bond acceptors (Lipinski definition) is 4. The molecule has 0 radical (unpaired) electrons. The van der Waals surface area contributed by atoms with E-state index in [9.17, 15) is 4.79 Å². The van der Waals surface area contributed by atoms with Gasteiger partial charge < -0.3 is 4.74 Å². The van der Waals surface area contributed by atoms with Gasteiger partial charge in [-0.1, -0.05) is 91.0 Å². The van der Waals surface area contributed by atoms with Gasteiger partial charge in [-0.3, -0.25) is 4.79 Å². The number of benzene rings is 3. The van der Waals surface area contributed by atoms with E-state index in [1.807, 2.05) is 91.0 Å². The minimum absolute atomic E-state index is 0.112. The number of rotatable bonds is 6. The molecular weight excluding hydrogens is 360 g/mol. The minimum Gasteiger partial charge on any atom is -0.444 e. The second-order valence-corrected chi connectivity index (χ2v) is 7.59. The smallest absolute Gasteiger partial charge is 0.309 e. The first kappa shape index (κ1) is 18.6. The number of carbonyl (C=O) groups excluding carboxylic acids is 1. The third-order valence-corrected chi connectivity index (χ3v) is 4.52. The van der Waals surface area contributed by atoms with E-state index in [4.69, 9.17) is 4.74 Å². The topological polar surface area (TPSA) is 26.3 Å². The lowest BCUT2D eigenvalue weighted by atomic mass is 9.80. The monoisotopic (exact) mass is 380 g/mol. The van der Waals surface area contributed by atoms with Crippen molar-refractivity contribution in [2.75, 3.05) is 0 Å². The number of esters is 1. The molecule has 132 valence electrons. The molecule has 0 saturated heterocycles. The van der Waals surface area contributed by atoms with Crippen LogP contribution in [0.5, 0.6) is 0 Å². The molecule has 0 unspecified atom stereocenters. The lowest BCUT2D eigenvalue weighted by Crippen LogP contribution is -2.35. The first-order valence-corrected chi connectivity index (χ1v) is 9.41. The van der Waals surface area contributed by atoms with Crippen LogP contribution in [0.2, 0.25) is 0 Å². The molecule has 0 N–H and O–H groups in total. The molecule has 4 heteroatoms. The molecule has 0 bridgehead atoms. The normalized spacial score (nSPS) is 11.3. The molecule has 0 aromatic heterocycles. The molecule has 0 atom stereocenters. The Kier molecular flexibility index (Phi) is 6.07. The highest BCUT2D eigenvalue weighted by molar-refractivity contribution is 7.99. The Balaban J connectivity index is 2.23. The van der Waals surface area contributed by atoms with Crippen molar-refractivity contribution in [1.82, 2.24) is 0 Å². The number of carbonyl (C=O) groups is 1. The lowest BCUT2D eigenvalue weighted by Gasteiger charge is -2.35. The summed E-state index contributed by atoms with van der Waals surface area (Å²) in [7, 11) is 0. The second-order valence-electron chi connectivity index (χ2n) is 5.94. The Morgan fingerprint density at radius 1 is 0.731 bits per heavy atom. The standard InChI is InChI=1S/C22H20O2S2/c23-20(16-21(25)26)24-22(17-10-4-1-5-11-17,18-12-6-2-7-13-18)19-14-8-3-9-15-19/h1-15,21,25-26H,16H2. The number of ether oxygens (including phenoxy) is 1. The van der Waals surface area contributed by atoms with Gasteiger partial charge in [0.15, 0.2) is 5.60 Å². The van der Waals surface area contributed by atoms with Gasteiger partial charge in [-0.25, -0.2) is 0 Å². The third-order valence-electron chi connectivity index (χ3n) is 4.16. The van der Waals surface area contributed by atoms with Crippen LogP contribution in [0.15, 0.2) is 91.0 Å². The Morgan fingerprint density at radius 3 is 1.38 bits per heavy atom. The summed E-state index contributed by atoms with van der Waals surface area (Å²) in [5, 5.41) is 0. The van der Waals surface area contributed by atoms with Crippen LogP contribution < -0.4 is 0 Å². The van der Waals surface area contributed by atoms with Gasteiger partial charge in [0.25, 0.3) is 0 Å². The fraction of sp³-hybridized carbons (Fsp3) is 0.136. The van der Waals surface area contributed by atoms with Gasteiger partial charge in [0.05, 0.1) is 11.0 Å². The first-order valence-electron chi connectivity index (χ1n) is 8.37. The van der Waals surface area contributed by atoms with E-state index in [-0.39, 0.29) is 17.0 Å². The first-order chi connectivity index (χ1) is 12.6. The molecule has 3 aromatic rings. The van der Waals surface area contributed by atoms with E-state index in [1.54, 1.807) is 0 Å². The largest absolute Gasteiger partial charge is 0.444 e. The van der Waals surface area contributed by atoms with Crippen molar-refractivity contribution in [1.29, 1.82) is 0 Å². The van der Waals surface area contributed by atoms with Crippen LogP contribution in [0, 0.1) is 0 Å². The summed E-state index contributed by atoms with van der Waals surface area (Å²) in [5.41, 5.74) is 1.64. The van der Waals surface area contributed by atoms with Crippen molar-refractivity contribution in [3.05, 3.63) is 108 Å². The molecule has 0 saturated carbocycles. The summed E-state index contributed by atoms with van der Waals surface area (Å²) in [6.45, 7) is 0. The average Bonchev–Trinajstić information content (AvgIpc) is 2.67. The molecular formula is C22H20O2S2. The lowest BCUT2D eigenvalue weighted by molar-refractivity contribution is -0.153. The highest BCUT2D eigenvalue weighted by atomic mass is 32.2. The van der Waals surface area contributed by atoms with Crippen molar-refractivity contribution >= 4 is 31.2 Å². The third kappa shape index (κ3) is 3.97. The Hall–Kier alpha value is -2.17. The average molecular weight is 381 g/mol. The van der Waals surface area contributed by atoms with Gasteiger partial charge in [0.1, 0.15) is 0 Å². The number of hydrogen-bond donors (Lipinski definition) is 2. The van der Waals surface area contributed by atoms with E-state index < -0.39 is 5.60 Å². The van der Waals surface area contributed by atoms with Crippen molar-refractivity contribution in [2.45, 2.75) is 16.6 Å². The maximum atomic E-state index is 12.7. The van der Waals surface area contributed by atoms with Gasteiger partial charge in [-0.15, -0.1) is 0 Å². The van der Waals surface area contributed by atoms with Gasteiger partial charge in [-0.2, -0.15) is 25.3 Å². The van der Waals surface area contributed by atoms with E-state index in [0.717, 1.165) is 16.7 Å². The minimum atomic E-state index is -1.03. The van der Waals surface area contributed by atoms with E-state index in [2.05, 4.69) is 25.3 Å². The molecule has 0 aliphatic carbocycles. The summed E-state index contributed by atoms with van der Waals surface area (Å²) in [4.78, 5) is 12.7. The second kappa shape index (κ2) is 8.47. The predicted molar refractivity (Wildman–Crippen MR) is 112 cm³/mol. The highest BCUT2D eigenvalue weighted by Crippen LogP contribution is 2.40. The van der Waals surface area contributed by atoms with Gasteiger partial charge in [0.2, 0.25) is 0 Å². The van der Waals surface area contributed by atoms with E-state index in [1.165, 1.54) is 0 Å². The van der Waals surface area contributed by atoms with Crippen LogP contribution >= 0.6 is 25.3 Å². The fourth-order valence-corrected chi connectivity index (χ4v) is 3.35. The number of thiol groups is 2. The Bertz CT molecular complexity index is 737. The quantitative estimate of drug-likeness (QED) is 0.269. The molecule has 0 amide bonds. The van der Waals surface area contributed by atoms with Gasteiger partial charge in [-0.05, 0) is 0 Å². The van der Waals surface area contributed by atoms with Crippen molar-refractivity contribution in [3.63, 3.8) is 0 Å². The SMILES string of the molecule is O=C(CC(S)S)OC(c1ccccc1)(c1ccccc1)c1ccccc1. The molecule has 3 aromatic carbocycles. The van der Waals surface area contributed by atoms with Crippen LogP contribution in [0.25, 0.3) is 0 Å². The van der Waals surface area contributed by atoms with Crippen LogP contribution in [0.3, 0.4) is 0 Å². The van der Waals surface area contributed by atoms with Crippen molar-refractivity contribution in [2.24, 2.45) is 0 Å². The van der Waals surface area contributed by atoms with E-state index >= 15 is 0 Å². The fourth-order valence-electron chi connectivity index (χ4n) is 3.06. The van der Waals surface area contributed by atoms with Crippen LogP contribution in [0.1, 0.15) is 23.1 Å². The molecule has 0 aliphatic heterocycles. The van der Waals surface area contributed by atoms with Crippen LogP contribution in [-0.4, -0.2) is 10.6 Å². The summed E-state index contributed by atoms with van der Waals surface area (Å²) in [6, 6.07) is 29.4. The maximum Gasteiger partial charge on any atom is 0.309 e. The van der Waals surface area contributed by atoms with E-state index in [0.29, 0.717) is 0 Å². The molecule has 0 spiro atoms. The summed E-state index contributed by atoms with van der Waals surface area (Å²) < 4.78 is 5.80. The molecule has 2 nitrogen and oxygen atoms in total. The maximum absolute atomic E-state index is 12.7. The Morgan fingerprint density at radius 2 is 1.08 bits per heavy atom. The Labute approximate surface area is 165 Å². The van der Waals surface area contributed by atoms with Crippen molar-refractivity contribution in [3.8, 4) is 0 Å². The summed E-state index contributed by atoms with van der Waals surface area (Å²) >= 11 is 8.43. The van der Waals surface area contributed by atoms with Gasteiger partial charge >= 0.3 is 5.97 Å². The summed E-state index contributed by atoms with van der Waals surface area (Å²) in [6.07, 6.45) is 0.112. The zero-order chi connectivity index (χ0) is 18.4. The predicted octanol–water partition coefficient (Wildman–Crippen LogP) is 5.10. The van der Waals surface area contributed by atoms with Crippen LogP contribution in [0.4, 0.5) is 0 Å². The van der Waals surface area contributed by atoms with Crippen LogP contribution in [-0.2, 0) is 15.1 Å². The van der Waals surface area contributed by atoms with Crippen molar-refractivity contribution < 1.29 is 9.53 Å². The zero-order valence-corrected chi connectivity index (χ0v) is 15.9. The molecule has 26 heavy (non-hydrogen) atoms. The molecule has 3 rings (SSSR count). The molecule has 0 fully saturated rings. The summed E-state index contributed by atoms with van der Waals surface area (Å²) in [5.74, 6) is -0.350. The van der Waals surface area contributed by atoms with Gasteiger partial charge in [0, 0.05) is 16.7 Å².